The summed E-state index contributed by atoms with van der Waals surface area (Å²) in [5.74, 6) is 0.109. The number of nitrogens with one attached hydrogen (secondary N) is 1. The number of nitrogens with zero attached hydrogens (tertiary/aromatic N) is 2. The second kappa shape index (κ2) is 7.66. The van der Waals surface area contributed by atoms with Crippen LogP contribution in [0.1, 0.15) is 32.3 Å². The van der Waals surface area contributed by atoms with Crippen molar-refractivity contribution in [2.24, 2.45) is 5.92 Å². The molecule has 0 unspecified atom stereocenters. The number of benzene rings is 1. The topological polar surface area (TPSA) is 62.1 Å². The molecule has 2 heterocycles. The van der Waals surface area contributed by atoms with Crippen LogP contribution in [0.25, 0.3) is 0 Å². The molecule has 2 aliphatic heterocycles. The number of likely N-dealkylation sites (tertiary alicyclic amines) is 1. The van der Waals surface area contributed by atoms with Gasteiger partial charge in [-0.05, 0) is 25.0 Å². The highest BCUT2D eigenvalue weighted by atomic mass is 32.2. The molecule has 2 fully saturated rings. The van der Waals surface area contributed by atoms with Crippen LogP contribution in [-0.4, -0.2) is 62.4 Å². The number of sulfonamides is 1. The third kappa shape index (κ3) is 3.80. The number of amides is 1. The molecule has 0 aromatic heterocycles. The molecule has 0 aliphatic carbocycles. The van der Waals surface area contributed by atoms with Gasteiger partial charge in [0, 0.05) is 25.9 Å². The molecule has 0 radical (unpaired) electrons. The predicted molar refractivity (Wildman–Crippen MR) is 100 cm³/mol. The number of carbonyl (C=O) groups excluding carboxylic acids is 1. The average molecular weight is 381 g/mol. The zero-order valence-electron chi connectivity index (χ0n) is 15.9. The van der Waals surface area contributed by atoms with Crippen LogP contribution < -0.4 is 4.90 Å². The minimum atomic E-state index is -3.61. The van der Waals surface area contributed by atoms with Gasteiger partial charge in [0.25, 0.3) is 5.91 Å². The highest BCUT2D eigenvalue weighted by Crippen LogP contribution is 2.28. The predicted octanol–water partition coefficient (Wildman–Crippen LogP) is 0.489. The maximum atomic E-state index is 13.2. The lowest BCUT2D eigenvalue weighted by atomic mass is 10.1. The molecule has 2 aliphatic rings. The summed E-state index contributed by atoms with van der Waals surface area (Å²) < 4.78 is 27.8. The Morgan fingerprint density at radius 1 is 1.15 bits per heavy atom. The highest BCUT2D eigenvalue weighted by Gasteiger charge is 2.44. The van der Waals surface area contributed by atoms with Crippen molar-refractivity contribution >= 4 is 15.9 Å². The molecular formula is C19H30N3O3S+. The van der Waals surface area contributed by atoms with E-state index in [1.807, 2.05) is 32.9 Å². The summed E-state index contributed by atoms with van der Waals surface area (Å²) in [6, 6.07) is 6.93. The Balaban J connectivity index is 1.81. The Hall–Kier alpha value is -1.44. The molecule has 26 heavy (non-hydrogen) atoms. The molecule has 1 N–H and O–H groups in total. The summed E-state index contributed by atoms with van der Waals surface area (Å²) >= 11 is 0. The van der Waals surface area contributed by atoms with Crippen LogP contribution in [0.2, 0.25) is 0 Å². The van der Waals surface area contributed by atoms with Crippen molar-refractivity contribution in [3.05, 3.63) is 29.8 Å². The summed E-state index contributed by atoms with van der Waals surface area (Å²) in [6.45, 7) is 9.29. The van der Waals surface area contributed by atoms with Crippen LogP contribution in [0.15, 0.2) is 29.2 Å². The molecule has 1 aromatic rings. The monoisotopic (exact) mass is 380 g/mol. The van der Waals surface area contributed by atoms with Crippen molar-refractivity contribution in [2.45, 2.75) is 44.7 Å². The molecule has 144 valence electrons. The van der Waals surface area contributed by atoms with Gasteiger partial charge in [-0.25, -0.2) is 8.42 Å². The van der Waals surface area contributed by atoms with Crippen LogP contribution in [0.3, 0.4) is 0 Å². The second-order valence-electron chi connectivity index (χ2n) is 7.81. The van der Waals surface area contributed by atoms with Gasteiger partial charge < -0.3 is 9.80 Å². The molecule has 0 bridgehead atoms. The zero-order valence-corrected chi connectivity index (χ0v) is 16.8. The fourth-order valence-corrected chi connectivity index (χ4v) is 5.78. The molecule has 6 nitrogen and oxygen atoms in total. The third-order valence-electron chi connectivity index (χ3n) is 5.43. The molecule has 3 rings (SSSR count). The minimum Gasteiger partial charge on any atom is -0.327 e. The van der Waals surface area contributed by atoms with Gasteiger partial charge in [-0.1, -0.05) is 31.5 Å². The molecule has 1 atom stereocenters. The van der Waals surface area contributed by atoms with Gasteiger partial charge in [0.2, 0.25) is 10.0 Å². The first-order valence-corrected chi connectivity index (χ1v) is 11.0. The zero-order chi connectivity index (χ0) is 18.9. The van der Waals surface area contributed by atoms with Crippen LogP contribution in [-0.2, 0) is 14.8 Å². The van der Waals surface area contributed by atoms with E-state index in [1.165, 1.54) is 22.0 Å². The molecule has 0 saturated carbocycles. The first-order chi connectivity index (χ1) is 12.3. The molecule has 1 aromatic carbocycles. The highest BCUT2D eigenvalue weighted by molar-refractivity contribution is 7.89. The maximum absolute atomic E-state index is 13.2. The van der Waals surface area contributed by atoms with Gasteiger partial charge in [0.05, 0.1) is 18.0 Å². The molecule has 2 saturated heterocycles. The van der Waals surface area contributed by atoms with E-state index in [2.05, 4.69) is 0 Å². The Morgan fingerprint density at radius 3 is 2.35 bits per heavy atom. The normalized spacial score (nSPS) is 22.5. The summed E-state index contributed by atoms with van der Waals surface area (Å²) in [6.07, 6.45) is 1.93. The standard InChI is InChI=1S/C19H29N3O3S/c1-15(2)19-21(18(23)14-20-10-4-5-11-20)12-13-22(19)26(24,25)17-8-6-16(3)7-9-17/h6-9,15,19H,4-5,10-14H2,1-3H3/p+1/t19-/m0/s1. The van der Waals surface area contributed by atoms with Gasteiger partial charge in [0.15, 0.2) is 6.54 Å². The van der Waals surface area contributed by atoms with Crippen LogP contribution >= 0.6 is 0 Å². The van der Waals surface area contributed by atoms with Gasteiger partial charge in [-0.15, -0.1) is 0 Å². The van der Waals surface area contributed by atoms with Crippen LogP contribution in [0, 0.1) is 12.8 Å². The van der Waals surface area contributed by atoms with Crippen molar-refractivity contribution in [2.75, 3.05) is 32.7 Å². The molecular weight excluding hydrogens is 350 g/mol. The summed E-state index contributed by atoms with van der Waals surface area (Å²) in [5, 5.41) is 0. The Bertz CT molecular complexity index is 740. The lowest BCUT2D eigenvalue weighted by Crippen LogP contribution is -3.11. The summed E-state index contributed by atoms with van der Waals surface area (Å²) in [4.78, 5) is 16.2. The van der Waals surface area contributed by atoms with Crippen LogP contribution in [0.4, 0.5) is 0 Å². The van der Waals surface area contributed by atoms with Gasteiger partial charge in [-0.3, -0.25) is 4.79 Å². The quantitative estimate of drug-likeness (QED) is 0.809. The third-order valence-corrected chi connectivity index (χ3v) is 7.32. The number of rotatable bonds is 5. The van der Waals surface area contributed by atoms with Gasteiger partial charge >= 0.3 is 0 Å². The van der Waals surface area contributed by atoms with E-state index in [4.69, 9.17) is 0 Å². The lowest BCUT2D eigenvalue weighted by Gasteiger charge is -2.33. The Morgan fingerprint density at radius 2 is 1.77 bits per heavy atom. The number of hydrogen-bond donors (Lipinski definition) is 1. The molecule has 0 spiro atoms. The average Bonchev–Trinajstić information content (AvgIpc) is 3.24. The van der Waals surface area contributed by atoms with E-state index in [-0.39, 0.29) is 11.8 Å². The fraction of sp³-hybridized carbons (Fsp3) is 0.632. The van der Waals surface area contributed by atoms with Gasteiger partial charge in [0.1, 0.15) is 6.17 Å². The number of quaternary nitrogens is 1. The van der Waals surface area contributed by atoms with Gasteiger partial charge in [-0.2, -0.15) is 4.31 Å². The van der Waals surface area contributed by atoms with Crippen molar-refractivity contribution in [1.82, 2.24) is 9.21 Å². The van der Waals surface area contributed by atoms with Crippen molar-refractivity contribution < 1.29 is 18.1 Å². The summed E-state index contributed by atoms with van der Waals surface area (Å²) in [7, 11) is -3.61. The van der Waals surface area contributed by atoms with E-state index in [1.54, 1.807) is 17.0 Å². The van der Waals surface area contributed by atoms with E-state index in [9.17, 15) is 13.2 Å². The smallest absolute Gasteiger partial charge is 0.279 e. The Kier molecular flexibility index (Phi) is 5.69. The van der Waals surface area contributed by atoms with Crippen molar-refractivity contribution in [3.63, 3.8) is 0 Å². The minimum absolute atomic E-state index is 0.0373. The lowest BCUT2D eigenvalue weighted by molar-refractivity contribution is -0.879. The van der Waals surface area contributed by atoms with Crippen molar-refractivity contribution in [1.29, 1.82) is 0 Å². The van der Waals surface area contributed by atoms with Crippen LogP contribution in [0.5, 0.6) is 0 Å². The number of aryl methyl sites for hydroxylation is 1. The van der Waals surface area contributed by atoms with E-state index in [0.717, 1.165) is 18.7 Å². The summed E-state index contributed by atoms with van der Waals surface area (Å²) in [5.41, 5.74) is 1.02. The first kappa shape index (κ1) is 19.3. The number of carbonyl (C=O) groups is 1. The molecule has 7 heteroatoms. The van der Waals surface area contributed by atoms with Crippen molar-refractivity contribution in [3.8, 4) is 0 Å². The van der Waals surface area contributed by atoms with E-state index in [0.29, 0.717) is 24.5 Å². The van der Waals surface area contributed by atoms with E-state index >= 15 is 0 Å². The SMILES string of the molecule is Cc1ccc(S(=O)(=O)N2CCN(C(=O)C[NH+]3CCCC3)[C@@H]2C(C)C)cc1. The Labute approximate surface area is 156 Å². The number of hydrogen-bond acceptors (Lipinski definition) is 3. The first-order valence-electron chi connectivity index (χ1n) is 9.52. The maximum Gasteiger partial charge on any atom is 0.279 e. The largest absolute Gasteiger partial charge is 0.327 e. The second-order valence-corrected chi connectivity index (χ2v) is 9.70. The fourth-order valence-electron chi connectivity index (χ4n) is 4.07. The van der Waals surface area contributed by atoms with E-state index < -0.39 is 16.2 Å². The molecule has 1 amide bonds.